The van der Waals surface area contributed by atoms with Crippen molar-refractivity contribution in [2.24, 2.45) is 0 Å². The van der Waals surface area contributed by atoms with Crippen molar-refractivity contribution in [3.05, 3.63) is 59.4 Å². The number of amides is 1. The van der Waals surface area contributed by atoms with E-state index in [1.807, 2.05) is 30.0 Å². The molecule has 192 valence electrons. The van der Waals surface area contributed by atoms with Crippen LogP contribution in [0.5, 0.6) is 0 Å². The van der Waals surface area contributed by atoms with E-state index in [0.717, 1.165) is 47.3 Å². The Morgan fingerprint density at radius 3 is 2.56 bits per heavy atom. The van der Waals surface area contributed by atoms with Crippen LogP contribution in [0.2, 0.25) is 5.02 Å². The standard InChI is InChI=1S/C24H27ClN6O3S2.H2/c1-17(31-10-2-3-18-15-19(25)4-9-22(18)31)23(32)30-13-11-29(12-14-30)20-5-7-21(8-6-20)36(33,34)28-24-26-16-27-35-24;/h4-9,15-17H,2-3,10-14H2,1H3,(H,26,27,28);1H/t17-;/m1./s1. The lowest BCUT2D eigenvalue weighted by Gasteiger charge is -2.41. The summed E-state index contributed by atoms with van der Waals surface area (Å²) in [6.07, 6.45) is 3.28. The van der Waals surface area contributed by atoms with Gasteiger partial charge < -0.3 is 14.7 Å². The number of sulfonamides is 1. The van der Waals surface area contributed by atoms with Crippen molar-refractivity contribution in [2.75, 3.05) is 47.2 Å². The van der Waals surface area contributed by atoms with Crippen molar-refractivity contribution in [3.8, 4) is 0 Å². The number of aromatic nitrogens is 2. The van der Waals surface area contributed by atoms with E-state index in [1.54, 1.807) is 24.3 Å². The van der Waals surface area contributed by atoms with E-state index in [-0.39, 0.29) is 23.4 Å². The summed E-state index contributed by atoms with van der Waals surface area (Å²) in [6, 6.07) is 12.4. The first kappa shape index (κ1) is 24.8. The quantitative estimate of drug-likeness (QED) is 0.501. The van der Waals surface area contributed by atoms with Gasteiger partial charge in [-0.2, -0.15) is 4.37 Å². The number of rotatable bonds is 6. The van der Waals surface area contributed by atoms with E-state index in [4.69, 9.17) is 11.6 Å². The molecule has 1 fully saturated rings. The molecular weight excluding hydrogens is 520 g/mol. The van der Waals surface area contributed by atoms with Gasteiger partial charge >= 0.3 is 0 Å². The second-order valence-corrected chi connectivity index (χ2v) is 11.8. The van der Waals surface area contributed by atoms with Crippen LogP contribution in [0.25, 0.3) is 0 Å². The molecule has 1 saturated heterocycles. The van der Waals surface area contributed by atoms with E-state index in [9.17, 15) is 13.2 Å². The molecule has 5 rings (SSSR count). The number of carbonyl (C=O) groups is 1. The van der Waals surface area contributed by atoms with Crippen LogP contribution in [0.1, 0.15) is 20.3 Å². The van der Waals surface area contributed by atoms with Crippen LogP contribution < -0.4 is 14.5 Å². The average molecular weight is 549 g/mol. The largest absolute Gasteiger partial charge is 0.368 e. The zero-order chi connectivity index (χ0) is 25.3. The highest BCUT2D eigenvalue weighted by molar-refractivity contribution is 7.93. The van der Waals surface area contributed by atoms with Gasteiger partial charge in [-0.05, 0) is 67.8 Å². The highest BCUT2D eigenvalue weighted by Gasteiger charge is 2.31. The molecule has 1 N–H and O–H groups in total. The molecule has 0 unspecified atom stereocenters. The Labute approximate surface area is 221 Å². The number of aryl methyl sites for hydroxylation is 1. The molecule has 1 aromatic heterocycles. The zero-order valence-electron chi connectivity index (χ0n) is 19.8. The van der Waals surface area contributed by atoms with E-state index >= 15 is 0 Å². The van der Waals surface area contributed by atoms with Crippen LogP contribution in [0.4, 0.5) is 16.5 Å². The van der Waals surface area contributed by atoms with Gasteiger partial charge in [-0.3, -0.25) is 9.52 Å². The topological polar surface area (TPSA) is 98.7 Å². The van der Waals surface area contributed by atoms with E-state index < -0.39 is 10.0 Å². The van der Waals surface area contributed by atoms with Gasteiger partial charge in [0.15, 0.2) is 0 Å². The number of anilines is 3. The van der Waals surface area contributed by atoms with E-state index in [2.05, 4.69) is 23.9 Å². The van der Waals surface area contributed by atoms with Crippen molar-refractivity contribution in [3.63, 3.8) is 0 Å². The number of benzene rings is 2. The molecular formula is C24H29ClN6O3S2. The maximum Gasteiger partial charge on any atom is 0.263 e. The Morgan fingerprint density at radius 2 is 1.86 bits per heavy atom. The third kappa shape index (κ3) is 5.14. The fraction of sp³-hybridized carbons (Fsp3) is 0.375. The molecule has 12 heteroatoms. The third-order valence-electron chi connectivity index (χ3n) is 6.71. The molecule has 0 saturated carbocycles. The maximum atomic E-state index is 13.4. The van der Waals surface area contributed by atoms with E-state index in [1.165, 1.54) is 11.9 Å². The monoisotopic (exact) mass is 548 g/mol. The van der Waals surface area contributed by atoms with Crippen molar-refractivity contribution >= 4 is 55.6 Å². The first-order chi connectivity index (χ1) is 17.3. The second kappa shape index (κ2) is 10.2. The Morgan fingerprint density at radius 1 is 1.11 bits per heavy atom. The Balaban J connectivity index is 0.00000320. The first-order valence-corrected chi connectivity index (χ1v) is 14.4. The number of fused-ring (bicyclic) bond motifs is 1. The molecule has 3 aromatic rings. The summed E-state index contributed by atoms with van der Waals surface area (Å²) < 4.78 is 31.3. The van der Waals surface area contributed by atoms with Crippen molar-refractivity contribution in [1.82, 2.24) is 14.3 Å². The van der Waals surface area contributed by atoms with Gasteiger partial charge in [-0.25, -0.2) is 13.4 Å². The van der Waals surface area contributed by atoms with Crippen molar-refractivity contribution in [2.45, 2.75) is 30.7 Å². The minimum Gasteiger partial charge on any atom is -0.368 e. The van der Waals surface area contributed by atoms with Gasteiger partial charge in [0.25, 0.3) is 10.0 Å². The van der Waals surface area contributed by atoms with Crippen LogP contribution in [0.3, 0.4) is 0 Å². The molecule has 0 bridgehead atoms. The number of halogens is 1. The number of carbonyl (C=O) groups excluding carboxylic acids is 1. The van der Waals surface area contributed by atoms with Gasteiger partial charge in [-0.15, -0.1) is 0 Å². The molecule has 36 heavy (non-hydrogen) atoms. The molecule has 3 heterocycles. The number of hydrogen-bond acceptors (Lipinski definition) is 8. The average Bonchev–Trinajstić information content (AvgIpc) is 3.40. The summed E-state index contributed by atoms with van der Waals surface area (Å²) in [5, 5.41) is 0.954. The second-order valence-electron chi connectivity index (χ2n) is 8.90. The molecule has 1 atom stereocenters. The molecule has 0 spiro atoms. The zero-order valence-corrected chi connectivity index (χ0v) is 22.2. The Hall–Kier alpha value is -2.89. The highest BCUT2D eigenvalue weighted by atomic mass is 35.5. The molecule has 1 amide bonds. The Bertz CT molecular complexity index is 1330. The van der Waals surface area contributed by atoms with Crippen LogP contribution in [-0.4, -0.2) is 67.3 Å². The summed E-state index contributed by atoms with van der Waals surface area (Å²) >= 11 is 7.16. The fourth-order valence-electron chi connectivity index (χ4n) is 4.81. The number of piperazine rings is 1. The Kier molecular flexibility index (Phi) is 7.05. The third-order valence-corrected chi connectivity index (χ3v) is 9.01. The van der Waals surface area contributed by atoms with Crippen LogP contribution in [-0.2, 0) is 21.2 Å². The summed E-state index contributed by atoms with van der Waals surface area (Å²) in [5.74, 6) is 0.127. The SMILES string of the molecule is C[C@H](C(=O)N1CCN(c2ccc(S(=O)(=O)Nc3ncns3)cc2)CC1)N1CCCc2cc(Cl)ccc21.[HH]. The molecule has 0 aliphatic carbocycles. The van der Waals surface area contributed by atoms with Gasteiger partial charge in [0.05, 0.1) is 4.90 Å². The minimum absolute atomic E-state index is 0. The molecule has 2 aliphatic rings. The smallest absolute Gasteiger partial charge is 0.263 e. The predicted octanol–water partition coefficient (Wildman–Crippen LogP) is 3.73. The molecule has 2 aromatic carbocycles. The molecule has 9 nitrogen and oxygen atoms in total. The summed E-state index contributed by atoms with van der Waals surface area (Å²) in [4.78, 5) is 23.7. The van der Waals surface area contributed by atoms with Gasteiger partial charge in [0.2, 0.25) is 11.0 Å². The summed E-state index contributed by atoms with van der Waals surface area (Å²) in [7, 11) is -3.72. The molecule has 2 aliphatic heterocycles. The normalized spacial score (nSPS) is 17.0. The first-order valence-electron chi connectivity index (χ1n) is 11.8. The fourth-order valence-corrected chi connectivity index (χ4v) is 6.66. The van der Waals surface area contributed by atoms with E-state index in [0.29, 0.717) is 26.2 Å². The van der Waals surface area contributed by atoms with Crippen LogP contribution >= 0.6 is 23.1 Å². The number of hydrogen-bond donors (Lipinski definition) is 1. The van der Waals surface area contributed by atoms with Gasteiger partial charge in [-0.1, -0.05) is 11.6 Å². The minimum atomic E-state index is -3.72. The highest BCUT2D eigenvalue weighted by Crippen LogP contribution is 2.31. The van der Waals surface area contributed by atoms with Crippen molar-refractivity contribution in [1.29, 1.82) is 0 Å². The van der Waals surface area contributed by atoms with Gasteiger partial charge in [0, 0.05) is 62.1 Å². The predicted molar refractivity (Wildman–Crippen MR) is 145 cm³/mol. The summed E-state index contributed by atoms with van der Waals surface area (Å²) in [6.45, 7) is 5.42. The molecule has 0 radical (unpaired) electrons. The van der Waals surface area contributed by atoms with Crippen LogP contribution in [0, 0.1) is 0 Å². The summed E-state index contributed by atoms with van der Waals surface area (Å²) in [5.41, 5.74) is 3.22. The maximum absolute atomic E-state index is 13.4. The van der Waals surface area contributed by atoms with Crippen LogP contribution in [0.15, 0.2) is 53.7 Å². The van der Waals surface area contributed by atoms with Gasteiger partial charge in [0.1, 0.15) is 12.4 Å². The lowest BCUT2D eigenvalue weighted by Crippen LogP contribution is -2.55. The number of nitrogens with one attached hydrogen (secondary N) is 1. The van der Waals surface area contributed by atoms with Crippen molar-refractivity contribution < 1.29 is 14.6 Å². The number of nitrogens with zero attached hydrogens (tertiary/aromatic N) is 5. The lowest BCUT2D eigenvalue weighted by atomic mass is 10.00. The lowest BCUT2D eigenvalue weighted by molar-refractivity contribution is -0.132.